The van der Waals surface area contributed by atoms with Crippen molar-refractivity contribution in [3.8, 4) is 5.75 Å². The minimum atomic E-state index is -0.469. The van der Waals surface area contributed by atoms with Crippen LogP contribution in [0.1, 0.15) is 60.0 Å². The fourth-order valence-electron chi connectivity index (χ4n) is 3.95. The van der Waals surface area contributed by atoms with Gasteiger partial charge in [0, 0.05) is 6.54 Å². The number of fused-ring (bicyclic) bond motifs is 2. The molecule has 0 aliphatic carbocycles. The molecule has 5 heteroatoms. The fourth-order valence-corrected chi connectivity index (χ4v) is 3.95. The molecular weight excluding hydrogens is 366 g/mol. The molecule has 0 spiro atoms. The Hall–Kier alpha value is -3.08. The van der Waals surface area contributed by atoms with E-state index in [9.17, 15) is 9.59 Å². The van der Waals surface area contributed by atoms with E-state index < -0.39 is 6.04 Å². The van der Waals surface area contributed by atoms with Gasteiger partial charge in [-0.1, -0.05) is 37.6 Å². The molecule has 5 nitrogen and oxygen atoms in total. The molecular formula is C24H25NO4. The maximum Gasteiger partial charge on any atom is 0.290 e. The van der Waals surface area contributed by atoms with Crippen LogP contribution in [0.4, 0.5) is 0 Å². The number of benzene rings is 2. The Labute approximate surface area is 169 Å². The van der Waals surface area contributed by atoms with Gasteiger partial charge in [0.25, 0.3) is 5.91 Å². The zero-order valence-corrected chi connectivity index (χ0v) is 17.0. The number of aryl methyl sites for hydroxylation is 1. The van der Waals surface area contributed by atoms with Crippen LogP contribution in [0.25, 0.3) is 11.0 Å². The molecule has 29 heavy (non-hydrogen) atoms. The molecule has 1 aliphatic rings. The van der Waals surface area contributed by atoms with Crippen LogP contribution in [0.3, 0.4) is 0 Å². The SMILES string of the molecule is CCCOc1cccc(C2c3c(oc4ccc(C)cc4c3=O)C(=O)N2CCC)c1. The number of rotatable bonds is 6. The monoisotopic (exact) mass is 391 g/mol. The molecule has 1 aromatic heterocycles. The second-order valence-electron chi connectivity index (χ2n) is 7.50. The van der Waals surface area contributed by atoms with E-state index in [1.54, 1.807) is 11.0 Å². The first-order valence-corrected chi connectivity index (χ1v) is 10.2. The smallest absolute Gasteiger partial charge is 0.290 e. The third-order valence-electron chi connectivity index (χ3n) is 5.23. The summed E-state index contributed by atoms with van der Waals surface area (Å²) >= 11 is 0. The summed E-state index contributed by atoms with van der Waals surface area (Å²) in [6, 6.07) is 12.7. The standard InChI is InChI=1S/C24H25NO4/c1-4-11-25-21(16-7-6-8-17(14-16)28-12-5-2)20-22(26)18-13-15(3)9-10-19(18)29-23(20)24(25)27/h6-10,13-14,21H,4-5,11-12H2,1-3H3. The number of carbonyl (C=O) groups is 1. The lowest BCUT2D eigenvalue weighted by Gasteiger charge is -2.25. The third-order valence-corrected chi connectivity index (χ3v) is 5.23. The first kappa shape index (κ1) is 19.2. The van der Waals surface area contributed by atoms with Crippen LogP contribution in [0.2, 0.25) is 0 Å². The maximum atomic E-state index is 13.4. The average Bonchev–Trinajstić information content (AvgIpc) is 3.00. The van der Waals surface area contributed by atoms with Crippen molar-refractivity contribution in [2.75, 3.05) is 13.2 Å². The van der Waals surface area contributed by atoms with Crippen molar-refractivity contribution < 1.29 is 13.9 Å². The molecule has 1 amide bonds. The molecule has 1 unspecified atom stereocenters. The van der Waals surface area contributed by atoms with Crippen LogP contribution in [-0.4, -0.2) is 24.0 Å². The summed E-state index contributed by atoms with van der Waals surface area (Å²) in [6.07, 6.45) is 1.70. The Morgan fingerprint density at radius 3 is 2.66 bits per heavy atom. The topological polar surface area (TPSA) is 59.8 Å². The number of ether oxygens (including phenoxy) is 1. The predicted octanol–water partition coefficient (Wildman–Crippen LogP) is 4.85. The van der Waals surface area contributed by atoms with Crippen molar-refractivity contribution in [1.29, 1.82) is 0 Å². The summed E-state index contributed by atoms with van der Waals surface area (Å²) in [7, 11) is 0. The first-order chi connectivity index (χ1) is 14.0. The number of carbonyl (C=O) groups excluding carboxylic acids is 1. The molecule has 0 saturated carbocycles. The summed E-state index contributed by atoms with van der Waals surface area (Å²) in [5.74, 6) is 0.665. The van der Waals surface area contributed by atoms with Gasteiger partial charge in [-0.15, -0.1) is 0 Å². The highest BCUT2D eigenvalue weighted by atomic mass is 16.5. The predicted molar refractivity (Wildman–Crippen MR) is 113 cm³/mol. The van der Waals surface area contributed by atoms with Gasteiger partial charge in [0.2, 0.25) is 5.76 Å². The molecule has 0 saturated heterocycles. The van der Waals surface area contributed by atoms with Gasteiger partial charge in [0.05, 0.1) is 23.6 Å². The highest BCUT2D eigenvalue weighted by Crippen LogP contribution is 2.39. The highest BCUT2D eigenvalue weighted by molar-refractivity contribution is 5.99. The molecule has 2 heterocycles. The van der Waals surface area contributed by atoms with Crippen molar-refractivity contribution in [3.05, 3.63) is 75.1 Å². The van der Waals surface area contributed by atoms with E-state index in [2.05, 4.69) is 6.92 Å². The zero-order valence-electron chi connectivity index (χ0n) is 17.0. The fraction of sp³-hybridized carbons (Fsp3) is 0.333. The van der Waals surface area contributed by atoms with Gasteiger partial charge in [-0.25, -0.2) is 0 Å². The Balaban J connectivity index is 1.92. The Morgan fingerprint density at radius 1 is 1.07 bits per heavy atom. The molecule has 0 radical (unpaired) electrons. The highest BCUT2D eigenvalue weighted by Gasteiger charge is 2.42. The molecule has 150 valence electrons. The van der Waals surface area contributed by atoms with E-state index in [0.29, 0.717) is 29.7 Å². The second-order valence-corrected chi connectivity index (χ2v) is 7.50. The number of amides is 1. The Kier molecular flexibility index (Phi) is 5.14. The van der Waals surface area contributed by atoms with Crippen molar-refractivity contribution >= 4 is 16.9 Å². The lowest BCUT2D eigenvalue weighted by molar-refractivity contribution is 0.0728. The quantitative estimate of drug-likeness (QED) is 0.603. The van der Waals surface area contributed by atoms with Gasteiger partial charge in [-0.2, -0.15) is 0 Å². The van der Waals surface area contributed by atoms with Crippen LogP contribution in [0, 0.1) is 6.92 Å². The van der Waals surface area contributed by atoms with E-state index in [4.69, 9.17) is 9.15 Å². The molecule has 0 N–H and O–H groups in total. The summed E-state index contributed by atoms with van der Waals surface area (Å²) < 4.78 is 11.7. The number of hydrogen-bond acceptors (Lipinski definition) is 4. The van der Waals surface area contributed by atoms with Crippen LogP contribution >= 0.6 is 0 Å². The van der Waals surface area contributed by atoms with E-state index in [1.165, 1.54) is 0 Å². The van der Waals surface area contributed by atoms with Gasteiger partial charge in [0.1, 0.15) is 11.3 Å². The minimum absolute atomic E-state index is 0.137. The Morgan fingerprint density at radius 2 is 1.90 bits per heavy atom. The number of nitrogens with zero attached hydrogens (tertiary/aromatic N) is 1. The normalized spacial score (nSPS) is 15.8. The molecule has 1 aliphatic heterocycles. The van der Waals surface area contributed by atoms with Crippen molar-refractivity contribution in [2.45, 2.75) is 39.7 Å². The van der Waals surface area contributed by atoms with Gasteiger partial charge in [-0.3, -0.25) is 9.59 Å². The summed E-state index contributed by atoms with van der Waals surface area (Å²) in [4.78, 5) is 28.3. The van der Waals surface area contributed by atoms with Gasteiger partial charge in [0.15, 0.2) is 5.43 Å². The Bertz CT molecular complexity index is 1130. The van der Waals surface area contributed by atoms with E-state index in [1.807, 2.05) is 50.2 Å². The molecule has 0 fully saturated rings. The van der Waals surface area contributed by atoms with E-state index in [0.717, 1.165) is 29.7 Å². The van der Waals surface area contributed by atoms with Crippen molar-refractivity contribution in [1.82, 2.24) is 4.90 Å². The summed E-state index contributed by atoms with van der Waals surface area (Å²) in [5.41, 5.74) is 2.57. The summed E-state index contributed by atoms with van der Waals surface area (Å²) in [6.45, 7) is 7.17. The zero-order chi connectivity index (χ0) is 20.5. The van der Waals surface area contributed by atoms with Crippen LogP contribution < -0.4 is 10.2 Å². The molecule has 4 rings (SSSR count). The lowest BCUT2D eigenvalue weighted by atomic mass is 9.98. The van der Waals surface area contributed by atoms with Gasteiger partial charge in [-0.05, 0) is 49.6 Å². The molecule has 2 aromatic carbocycles. The van der Waals surface area contributed by atoms with Crippen LogP contribution in [0.5, 0.6) is 5.75 Å². The largest absolute Gasteiger partial charge is 0.494 e. The van der Waals surface area contributed by atoms with Gasteiger partial charge < -0.3 is 14.1 Å². The second kappa shape index (κ2) is 7.74. The average molecular weight is 391 g/mol. The van der Waals surface area contributed by atoms with Gasteiger partial charge >= 0.3 is 0 Å². The van der Waals surface area contributed by atoms with E-state index in [-0.39, 0.29) is 17.1 Å². The maximum absolute atomic E-state index is 13.4. The third kappa shape index (κ3) is 3.31. The van der Waals surface area contributed by atoms with Crippen molar-refractivity contribution in [2.24, 2.45) is 0 Å². The lowest BCUT2D eigenvalue weighted by Crippen LogP contribution is -2.30. The van der Waals surface area contributed by atoms with Crippen LogP contribution in [0.15, 0.2) is 51.7 Å². The van der Waals surface area contributed by atoms with Crippen LogP contribution in [-0.2, 0) is 0 Å². The molecule has 1 atom stereocenters. The minimum Gasteiger partial charge on any atom is -0.494 e. The van der Waals surface area contributed by atoms with E-state index >= 15 is 0 Å². The summed E-state index contributed by atoms with van der Waals surface area (Å²) in [5, 5.41) is 0.512. The van der Waals surface area contributed by atoms with Crippen molar-refractivity contribution in [3.63, 3.8) is 0 Å². The first-order valence-electron chi connectivity index (χ1n) is 10.2. The molecule has 0 bridgehead atoms. The number of hydrogen-bond donors (Lipinski definition) is 0. The molecule has 3 aromatic rings.